The Balaban J connectivity index is 1.67. The first-order valence-corrected chi connectivity index (χ1v) is 9.24. The lowest BCUT2D eigenvalue weighted by atomic mass is 10.0. The molecule has 5 nitrogen and oxygen atoms in total. The van der Waals surface area contributed by atoms with E-state index in [0.29, 0.717) is 12.2 Å². The van der Waals surface area contributed by atoms with Crippen LogP contribution in [0, 0.1) is 20.8 Å². The minimum Gasteiger partial charge on any atom is -0.395 e. The van der Waals surface area contributed by atoms with Crippen molar-refractivity contribution in [1.82, 2.24) is 15.2 Å². The summed E-state index contributed by atoms with van der Waals surface area (Å²) in [6.45, 7) is 8.74. The maximum absolute atomic E-state index is 12.6. The standard InChI is InChI=1S/C20H29N3O2/c1-13-7-8-14(2)18-17(13)15(3)19(22-18)20(25)21-9-11-23-10-5-4-6-16(23)12-24/h7-8,16,22,24H,4-6,9-12H2,1-3H3,(H,21,25). The van der Waals surface area contributed by atoms with Crippen molar-refractivity contribution in [3.63, 3.8) is 0 Å². The molecule has 0 bridgehead atoms. The summed E-state index contributed by atoms with van der Waals surface area (Å²) in [7, 11) is 0. The Kier molecular flexibility index (Phi) is 5.45. The second-order valence-electron chi connectivity index (χ2n) is 7.20. The Bertz CT molecular complexity index is 766. The molecule has 0 aliphatic carbocycles. The molecule has 136 valence electrons. The zero-order chi connectivity index (χ0) is 18.0. The molecule has 1 aliphatic rings. The molecule has 1 amide bonds. The third kappa shape index (κ3) is 3.58. The SMILES string of the molecule is Cc1ccc(C)c2c(C)c(C(=O)NCCN3CCCCC3CO)[nH]c12. The molecule has 0 radical (unpaired) electrons. The quantitative estimate of drug-likeness (QED) is 0.782. The van der Waals surface area contributed by atoms with Gasteiger partial charge in [0.25, 0.3) is 5.91 Å². The fraction of sp³-hybridized carbons (Fsp3) is 0.550. The summed E-state index contributed by atoms with van der Waals surface area (Å²) in [5.41, 5.74) is 5.07. The van der Waals surface area contributed by atoms with E-state index in [2.05, 4.69) is 41.2 Å². The molecule has 3 N–H and O–H groups in total. The van der Waals surface area contributed by atoms with E-state index in [1.54, 1.807) is 0 Å². The molecule has 1 aromatic heterocycles. The monoisotopic (exact) mass is 343 g/mol. The van der Waals surface area contributed by atoms with Gasteiger partial charge < -0.3 is 15.4 Å². The first-order chi connectivity index (χ1) is 12.0. The smallest absolute Gasteiger partial charge is 0.268 e. The van der Waals surface area contributed by atoms with Gasteiger partial charge >= 0.3 is 0 Å². The van der Waals surface area contributed by atoms with Crippen LogP contribution < -0.4 is 5.32 Å². The van der Waals surface area contributed by atoms with E-state index in [1.165, 1.54) is 18.4 Å². The highest BCUT2D eigenvalue weighted by molar-refractivity contribution is 6.02. The fourth-order valence-electron chi connectivity index (χ4n) is 3.99. The van der Waals surface area contributed by atoms with E-state index >= 15 is 0 Å². The number of H-pyrrole nitrogens is 1. The number of rotatable bonds is 5. The number of piperidine rings is 1. The number of aromatic nitrogens is 1. The second kappa shape index (κ2) is 7.58. The number of aryl methyl sites for hydroxylation is 3. The number of nitrogens with zero attached hydrogens (tertiary/aromatic N) is 1. The summed E-state index contributed by atoms with van der Waals surface area (Å²) in [6, 6.07) is 4.43. The van der Waals surface area contributed by atoms with Crippen molar-refractivity contribution < 1.29 is 9.90 Å². The molecule has 1 unspecified atom stereocenters. The second-order valence-corrected chi connectivity index (χ2v) is 7.20. The number of aliphatic hydroxyl groups is 1. The molecule has 3 rings (SSSR count). The van der Waals surface area contributed by atoms with Crippen LogP contribution in [-0.4, -0.2) is 53.2 Å². The van der Waals surface area contributed by atoms with Crippen LogP contribution in [0.3, 0.4) is 0 Å². The molecule has 1 aromatic carbocycles. The Morgan fingerprint density at radius 3 is 2.76 bits per heavy atom. The van der Waals surface area contributed by atoms with Crippen LogP contribution in [0.25, 0.3) is 10.9 Å². The summed E-state index contributed by atoms with van der Waals surface area (Å²) in [4.78, 5) is 18.2. The summed E-state index contributed by atoms with van der Waals surface area (Å²) < 4.78 is 0. The van der Waals surface area contributed by atoms with Crippen molar-refractivity contribution >= 4 is 16.8 Å². The Hall–Kier alpha value is -1.85. The number of nitrogens with one attached hydrogen (secondary N) is 2. The van der Waals surface area contributed by atoms with Crippen LogP contribution in [0.15, 0.2) is 12.1 Å². The Morgan fingerprint density at radius 1 is 1.28 bits per heavy atom. The molecule has 1 aliphatic heterocycles. The normalized spacial score (nSPS) is 18.6. The number of carbonyl (C=O) groups is 1. The van der Waals surface area contributed by atoms with Gasteiger partial charge in [0.2, 0.25) is 0 Å². The Morgan fingerprint density at radius 2 is 2.04 bits per heavy atom. The number of hydrogen-bond donors (Lipinski definition) is 3. The highest BCUT2D eigenvalue weighted by Gasteiger charge is 2.22. The molecular weight excluding hydrogens is 314 g/mol. The van der Waals surface area contributed by atoms with E-state index < -0.39 is 0 Å². The van der Waals surface area contributed by atoms with Crippen LogP contribution >= 0.6 is 0 Å². The molecule has 1 fully saturated rings. The zero-order valence-corrected chi connectivity index (χ0v) is 15.5. The molecule has 2 aromatic rings. The Labute approximate surface area is 149 Å². The average Bonchev–Trinajstić information content (AvgIpc) is 2.97. The fourth-order valence-corrected chi connectivity index (χ4v) is 3.99. The van der Waals surface area contributed by atoms with Crippen LogP contribution in [0.5, 0.6) is 0 Å². The van der Waals surface area contributed by atoms with Crippen LogP contribution in [-0.2, 0) is 0 Å². The summed E-state index contributed by atoms with van der Waals surface area (Å²) in [5, 5.41) is 13.7. The van der Waals surface area contributed by atoms with Gasteiger partial charge in [0.15, 0.2) is 0 Å². The van der Waals surface area contributed by atoms with Gasteiger partial charge in [0.05, 0.1) is 6.61 Å². The van der Waals surface area contributed by atoms with Crippen LogP contribution in [0.1, 0.15) is 46.4 Å². The molecular formula is C20H29N3O2. The number of fused-ring (bicyclic) bond motifs is 1. The topological polar surface area (TPSA) is 68.4 Å². The van der Waals surface area contributed by atoms with Crippen LogP contribution in [0.4, 0.5) is 0 Å². The lowest BCUT2D eigenvalue weighted by Gasteiger charge is -2.34. The highest BCUT2D eigenvalue weighted by atomic mass is 16.3. The number of carbonyl (C=O) groups excluding carboxylic acids is 1. The highest BCUT2D eigenvalue weighted by Crippen LogP contribution is 2.27. The van der Waals surface area contributed by atoms with Gasteiger partial charge in [0, 0.05) is 30.0 Å². The molecule has 0 spiro atoms. The van der Waals surface area contributed by atoms with E-state index in [1.807, 2.05) is 6.92 Å². The van der Waals surface area contributed by atoms with E-state index in [0.717, 1.165) is 41.5 Å². The molecule has 1 atom stereocenters. The van der Waals surface area contributed by atoms with Gasteiger partial charge in [0.1, 0.15) is 5.69 Å². The number of hydrogen-bond acceptors (Lipinski definition) is 3. The van der Waals surface area contributed by atoms with Crippen molar-refractivity contribution in [2.75, 3.05) is 26.2 Å². The molecule has 0 saturated carbocycles. The summed E-state index contributed by atoms with van der Waals surface area (Å²) >= 11 is 0. The largest absolute Gasteiger partial charge is 0.395 e. The molecule has 25 heavy (non-hydrogen) atoms. The van der Waals surface area contributed by atoms with Crippen molar-refractivity contribution in [3.05, 3.63) is 34.5 Å². The third-order valence-corrected chi connectivity index (χ3v) is 5.49. The molecule has 5 heteroatoms. The van der Waals surface area contributed by atoms with E-state index in [9.17, 15) is 9.90 Å². The van der Waals surface area contributed by atoms with Gasteiger partial charge in [-0.25, -0.2) is 0 Å². The van der Waals surface area contributed by atoms with Crippen molar-refractivity contribution in [1.29, 1.82) is 0 Å². The predicted octanol–water partition coefficient (Wildman–Crippen LogP) is 2.67. The number of amides is 1. The minimum absolute atomic E-state index is 0.0509. The summed E-state index contributed by atoms with van der Waals surface area (Å²) in [5.74, 6) is -0.0509. The van der Waals surface area contributed by atoms with Crippen molar-refractivity contribution in [2.24, 2.45) is 0 Å². The average molecular weight is 343 g/mol. The van der Waals surface area contributed by atoms with Gasteiger partial charge in [-0.1, -0.05) is 18.6 Å². The number of benzene rings is 1. The van der Waals surface area contributed by atoms with Gasteiger partial charge in [-0.2, -0.15) is 0 Å². The maximum atomic E-state index is 12.6. The first kappa shape index (κ1) is 18.0. The minimum atomic E-state index is -0.0509. The number of likely N-dealkylation sites (tertiary alicyclic amines) is 1. The van der Waals surface area contributed by atoms with Gasteiger partial charge in [-0.05, 0) is 56.8 Å². The van der Waals surface area contributed by atoms with Crippen molar-refractivity contribution in [2.45, 2.75) is 46.1 Å². The van der Waals surface area contributed by atoms with Gasteiger partial charge in [-0.3, -0.25) is 9.69 Å². The van der Waals surface area contributed by atoms with E-state index in [-0.39, 0.29) is 18.6 Å². The first-order valence-electron chi connectivity index (χ1n) is 9.24. The number of aromatic amines is 1. The lowest BCUT2D eigenvalue weighted by molar-refractivity contribution is 0.0847. The number of aliphatic hydroxyl groups excluding tert-OH is 1. The maximum Gasteiger partial charge on any atom is 0.268 e. The summed E-state index contributed by atoms with van der Waals surface area (Å²) in [6.07, 6.45) is 3.40. The zero-order valence-electron chi connectivity index (χ0n) is 15.5. The molecule has 1 saturated heterocycles. The predicted molar refractivity (Wildman–Crippen MR) is 101 cm³/mol. The third-order valence-electron chi connectivity index (χ3n) is 5.49. The van der Waals surface area contributed by atoms with Crippen molar-refractivity contribution in [3.8, 4) is 0 Å². The molecule has 2 heterocycles. The van der Waals surface area contributed by atoms with E-state index in [4.69, 9.17) is 0 Å². The lowest BCUT2D eigenvalue weighted by Crippen LogP contribution is -2.45. The van der Waals surface area contributed by atoms with Crippen LogP contribution in [0.2, 0.25) is 0 Å². The van der Waals surface area contributed by atoms with Gasteiger partial charge in [-0.15, -0.1) is 0 Å².